The van der Waals surface area contributed by atoms with E-state index in [1.807, 2.05) is 0 Å². The maximum absolute atomic E-state index is 12.3. The van der Waals surface area contributed by atoms with Crippen molar-refractivity contribution >= 4 is 22.2 Å². The van der Waals surface area contributed by atoms with Gasteiger partial charge in [-0.3, -0.25) is 4.79 Å². The van der Waals surface area contributed by atoms with Gasteiger partial charge in [-0.15, -0.1) is 0 Å². The molecule has 132 valence electrons. The van der Waals surface area contributed by atoms with Gasteiger partial charge in [0.15, 0.2) is 0 Å². The van der Waals surface area contributed by atoms with Crippen LogP contribution in [0.25, 0.3) is 0 Å². The SMILES string of the molecule is CN(C)C(=O)[C@H]1CC[C@@H]2NS(=O)(=O)N(C(=O)OC(C)(C)C)[C@@H]2C1. The first-order chi connectivity index (χ1) is 10.4. The van der Waals surface area contributed by atoms with Crippen LogP contribution in [0.1, 0.15) is 40.0 Å². The van der Waals surface area contributed by atoms with Gasteiger partial charge < -0.3 is 9.64 Å². The van der Waals surface area contributed by atoms with Crippen LogP contribution in [0.2, 0.25) is 0 Å². The number of nitrogens with one attached hydrogen (secondary N) is 1. The molecule has 1 N–H and O–H groups in total. The number of rotatable bonds is 1. The van der Waals surface area contributed by atoms with Crippen LogP contribution < -0.4 is 4.72 Å². The largest absolute Gasteiger partial charge is 0.443 e. The van der Waals surface area contributed by atoms with Gasteiger partial charge in [-0.25, -0.2) is 4.79 Å². The number of hydrogen-bond acceptors (Lipinski definition) is 5. The molecule has 2 rings (SSSR count). The summed E-state index contributed by atoms with van der Waals surface area (Å²) in [6.45, 7) is 5.03. The van der Waals surface area contributed by atoms with Gasteiger partial charge in [-0.2, -0.15) is 17.4 Å². The van der Waals surface area contributed by atoms with Crippen molar-refractivity contribution in [3.8, 4) is 0 Å². The van der Waals surface area contributed by atoms with Crippen molar-refractivity contribution in [1.82, 2.24) is 13.9 Å². The van der Waals surface area contributed by atoms with Gasteiger partial charge in [-0.05, 0) is 40.0 Å². The summed E-state index contributed by atoms with van der Waals surface area (Å²) < 4.78 is 33.1. The smallest absolute Gasteiger partial charge is 0.425 e. The van der Waals surface area contributed by atoms with Crippen LogP contribution in [0, 0.1) is 5.92 Å². The minimum absolute atomic E-state index is 0.0445. The zero-order chi connectivity index (χ0) is 17.6. The monoisotopic (exact) mass is 347 g/mol. The molecule has 0 aromatic carbocycles. The Morgan fingerprint density at radius 2 is 1.83 bits per heavy atom. The van der Waals surface area contributed by atoms with Crippen LogP contribution in [0.3, 0.4) is 0 Å². The summed E-state index contributed by atoms with van der Waals surface area (Å²) in [7, 11) is -0.586. The molecule has 1 saturated carbocycles. The van der Waals surface area contributed by atoms with Crippen molar-refractivity contribution in [3.05, 3.63) is 0 Å². The lowest BCUT2D eigenvalue weighted by Crippen LogP contribution is -2.48. The molecule has 2 fully saturated rings. The normalized spacial score (nSPS) is 29.8. The molecule has 23 heavy (non-hydrogen) atoms. The Morgan fingerprint density at radius 3 is 2.35 bits per heavy atom. The molecule has 2 aliphatic rings. The predicted octanol–water partition coefficient (Wildman–Crippen LogP) is 0.697. The third-order valence-corrected chi connectivity index (χ3v) is 5.58. The van der Waals surface area contributed by atoms with E-state index in [4.69, 9.17) is 4.74 Å². The highest BCUT2D eigenvalue weighted by Crippen LogP contribution is 2.35. The van der Waals surface area contributed by atoms with Gasteiger partial charge >= 0.3 is 16.3 Å². The lowest BCUT2D eigenvalue weighted by Gasteiger charge is -2.34. The Hall–Kier alpha value is -1.35. The van der Waals surface area contributed by atoms with E-state index in [9.17, 15) is 18.0 Å². The van der Waals surface area contributed by atoms with Gasteiger partial charge in [0.25, 0.3) is 0 Å². The number of carbonyl (C=O) groups is 2. The maximum Gasteiger partial charge on any atom is 0.425 e. The molecular weight excluding hydrogens is 322 g/mol. The van der Waals surface area contributed by atoms with Gasteiger partial charge in [0.1, 0.15) is 5.60 Å². The van der Waals surface area contributed by atoms with Crippen LogP contribution in [0.4, 0.5) is 4.79 Å². The molecular formula is C14H25N3O5S. The Kier molecular flexibility index (Phi) is 4.64. The molecule has 0 aromatic rings. The fourth-order valence-electron chi connectivity index (χ4n) is 3.10. The molecule has 2 amide bonds. The number of amides is 2. The van der Waals surface area contributed by atoms with E-state index >= 15 is 0 Å². The van der Waals surface area contributed by atoms with Gasteiger partial charge in [0, 0.05) is 26.1 Å². The highest BCUT2D eigenvalue weighted by Gasteiger charge is 2.52. The second-order valence-corrected chi connectivity index (χ2v) is 8.89. The van der Waals surface area contributed by atoms with Crippen LogP contribution in [0.5, 0.6) is 0 Å². The van der Waals surface area contributed by atoms with Crippen LogP contribution in [-0.2, 0) is 19.7 Å². The average Bonchev–Trinajstić information content (AvgIpc) is 2.64. The van der Waals surface area contributed by atoms with Crippen LogP contribution >= 0.6 is 0 Å². The molecule has 8 nitrogen and oxygen atoms in total. The number of nitrogens with zero attached hydrogens (tertiary/aromatic N) is 2. The third kappa shape index (κ3) is 3.77. The molecule has 1 aliphatic carbocycles. The minimum atomic E-state index is -3.93. The fraction of sp³-hybridized carbons (Fsp3) is 0.857. The number of hydrogen-bond donors (Lipinski definition) is 1. The van der Waals surface area contributed by atoms with Crippen LogP contribution in [0.15, 0.2) is 0 Å². The zero-order valence-electron chi connectivity index (χ0n) is 14.2. The van der Waals surface area contributed by atoms with Crippen molar-refractivity contribution in [1.29, 1.82) is 0 Å². The number of ether oxygens (including phenoxy) is 1. The van der Waals surface area contributed by atoms with Gasteiger partial charge in [-0.1, -0.05) is 0 Å². The summed E-state index contributed by atoms with van der Waals surface area (Å²) >= 11 is 0. The predicted molar refractivity (Wildman–Crippen MR) is 83.7 cm³/mol. The van der Waals surface area contributed by atoms with E-state index in [1.54, 1.807) is 34.9 Å². The first-order valence-electron chi connectivity index (χ1n) is 7.68. The Balaban J connectivity index is 2.23. The van der Waals surface area contributed by atoms with E-state index in [0.29, 0.717) is 19.3 Å². The summed E-state index contributed by atoms with van der Waals surface area (Å²) in [5, 5.41) is 0. The molecule has 0 aromatic heterocycles. The van der Waals surface area contributed by atoms with Crippen LogP contribution in [-0.4, -0.2) is 61.4 Å². The average molecular weight is 347 g/mol. The zero-order valence-corrected chi connectivity index (χ0v) is 15.0. The molecule has 0 unspecified atom stereocenters. The Bertz CT molecular complexity index is 596. The van der Waals surface area contributed by atoms with E-state index in [-0.39, 0.29) is 17.9 Å². The summed E-state index contributed by atoms with van der Waals surface area (Å²) in [4.78, 5) is 26.0. The quantitative estimate of drug-likeness (QED) is 0.753. The van der Waals surface area contributed by atoms with Crippen molar-refractivity contribution < 1.29 is 22.7 Å². The molecule has 0 bridgehead atoms. The van der Waals surface area contributed by atoms with Crippen molar-refractivity contribution in [2.45, 2.75) is 57.7 Å². The summed E-state index contributed by atoms with van der Waals surface area (Å²) in [6, 6.07) is -0.948. The van der Waals surface area contributed by atoms with E-state index in [0.717, 1.165) is 4.31 Å². The molecule has 1 saturated heterocycles. The number of fused-ring (bicyclic) bond motifs is 1. The second kappa shape index (κ2) is 5.94. The molecule has 1 heterocycles. The Morgan fingerprint density at radius 1 is 1.22 bits per heavy atom. The first kappa shape index (κ1) is 18.0. The topological polar surface area (TPSA) is 96.0 Å². The third-order valence-electron chi connectivity index (χ3n) is 4.04. The molecule has 9 heteroatoms. The van der Waals surface area contributed by atoms with E-state index < -0.39 is 27.9 Å². The van der Waals surface area contributed by atoms with E-state index in [2.05, 4.69) is 4.72 Å². The summed E-state index contributed by atoms with van der Waals surface area (Å²) in [5.74, 6) is -0.330. The Labute approximate surface area is 137 Å². The summed E-state index contributed by atoms with van der Waals surface area (Å²) in [5.41, 5.74) is -0.793. The lowest BCUT2D eigenvalue weighted by atomic mass is 9.82. The minimum Gasteiger partial charge on any atom is -0.443 e. The molecule has 1 aliphatic heterocycles. The maximum atomic E-state index is 12.3. The van der Waals surface area contributed by atoms with Crippen molar-refractivity contribution in [2.24, 2.45) is 5.92 Å². The highest BCUT2D eigenvalue weighted by atomic mass is 32.2. The van der Waals surface area contributed by atoms with Gasteiger partial charge in [0.2, 0.25) is 5.91 Å². The summed E-state index contributed by atoms with van der Waals surface area (Å²) in [6.07, 6.45) is 0.541. The number of carbonyl (C=O) groups excluding carboxylic acids is 2. The fourth-order valence-corrected chi connectivity index (χ4v) is 4.69. The van der Waals surface area contributed by atoms with Crippen molar-refractivity contribution in [2.75, 3.05) is 14.1 Å². The van der Waals surface area contributed by atoms with Gasteiger partial charge in [0.05, 0.1) is 6.04 Å². The van der Waals surface area contributed by atoms with E-state index in [1.165, 1.54) is 4.90 Å². The molecule has 3 atom stereocenters. The first-order valence-corrected chi connectivity index (χ1v) is 9.12. The van der Waals surface area contributed by atoms with Crippen molar-refractivity contribution in [3.63, 3.8) is 0 Å². The molecule has 0 radical (unpaired) electrons. The lowest BCUT2D eigenvalue weighted by molar-refractivity contribution is -0.134. The second-order valence-electron chi connectivity index (χ2n) is 7.32. The highest BCUT2D eigenvalue weighted by molar-refractivity contribution is 7.88. The molecule has 0 spiro atoms. The standard InChI is InChI=1S/C14H25N3O5S/c1-14(2,3)22-13(19)17-11-8-9(12(18)16(4)5)6-7-10(11)15-23(17,20)21/h9-11,15H,6-8H2,1-5H3/t9-,10-,11+/m0/s1.